The van der Waals surface area contributed by atoms with Crippen molar-refractivity contribution in [1.29, 1.82) is 0 Å². The second kappa shape index (κ2) is 6.88. The van der Waals surface area contributed by atoms with E-state index in [9.17, 15) is 0 Å². The van der Waals surface area contributed by atoms with Gasteiger partial charge in [-0.05, 0) is 48.5 Å². The van der Waals surface area contributed by atoms with E-state index in [-0.39, 0.29) is 0 Å². The lowest BCUT2D eigenvalue weighted by Gasteiger charge is -2.10. The van der Waals surface area contributed by atoms with Crippen LogP contribution in [0, 0.1) is 0 Å². The van der Waals surface area contributed by atoms with Crippen LogP contribution in [0.15, 0.2) is 115 Å². The zero-order valence-corrected chi connectivity index (χ0v) is 17.9. The minimum Gasteiger partial charge on any atom is -0.309 e. The molecule has 33 heavy (non-hydrogen) atoms. The van der Waals surface area contributed by atoms with Crippen LogP contribution in [-0.4, -0.2) is 17.0 Å². The Kier molecular flexibility index (Phi) is 3.83. The monoisotopic (exact) mass is 418 g/mol. The molecular weight excluding hydrogens is 399 g/mol. The summed E-state index contributed by atoms with van der Waals surface area (Å²) in [4.78, 5) is 0. The first-order valence-electron chi connectivity index (χ1n) is 11.2. The first-order valence-corrected chi connectivity index (χ1v) is 11.2. The van der Waals surface area contributed by atoms with E-state index in [0.29, 0.717) is 0 Å². The molecule has 0 spiro atoms. The third-order valence-electron chi connectivity index (χ3n) is 6.61. The number of hydrogen-bond donors (Lipinski definition) is 0. The zero-order valence-electron chi connectivity index (χ0n) is 17.9. The molecule has 2 nitrogen and oxygen atoms in total. The van der Waals surface area contributed by atoms with Crippen molar-refractivity contribution in [3.8, 4) is 11.4 Å². The van der Waals surface area contributed by atoms with Crippen molar-refractivity contribution < 1.29 is 0 Å². The summed E-state index contributed by atoms with van der Waals surface area (Å²) in [5.41, 5.74) is 7.83. The smallest absolute Gasteiger partial charge is 0.113 e. The average molecular weight is 418 g/mol. The minimum absolute atomic E-state index is 0.779. The zero-order chi connectivity index (χ0) is 21.9. The number of benzene rings is 5. The van der Waals surface area contributed by atoms with Gasteiger partial charge in [0.1, 0.15) is 7.85 Å². The summed E-state index contributed by atoms with van der Waals surface area (Å²) in [7, 11) is 6.23. The Morgan fingerprint density at radius 3 is 1.58 bits per heavy atom. The number of fused-ring (bicyclic) bond motifs is 6. The van der Waals surface area contributed by atoms with Crippen LogP contribution < -0.4 is 5.46 Å². The second-order valence-electron chi connectivity index (χ2n) is 8.52. The van der Waals surface area contributed by atoms with Gasteiger partial charge in [-0.25, -0.2) is 0 Å². The van der Waals surface area contributed by atoms with E-state index >= 15 is 0 Å². The maximum absolute atomic E-state index is 6.23. The fraction of sp³-hybridized carbons (Fsp3) is 0. The van der Waals surface area contributed by atoms with Crippen molar-refractivity contribution in [3.05, 3.63) is 115 Å². The lowest BCUT2D eigenvalue weighted by molar-refractivity contribution is 1.16. The summed E-state index contributed by atoms with van der Waals surface area (Å²) < 4.78 is 4.71. The van der Waals surface area contributed by atoms with Crippen LogP contribution in [0.3, 0.4) is 0 Å². The largest absolute Gasteiger partial charge is 0.309 e. The van der Waals surface area contributed by atoms with E-state index in [1.165, 1.54) is 38.1 Å². The molecule has 2 aromatic heterocycles. The molecular formula is C30H19BN2. The molecule has 0 aliphatic carbocycles. The standard InChI is InChI=1S/C30H19BN2/c31-20-15-16-28-24(17-20)26-18-25-23-13-7-8-14-27(23)32(21-9-3-1-4-10-21)29(25)19-30(26)33(28)22-11-5-2-6-12-22/h1-19H. The predicted molar refractivity (Wildman–Crippen MR) is 141 cm³/mol. The van der Waals surface area contributed by atoms with Gasteiger partial charge in [0.25, 0.3) is 0 Å². The number of para-hydroxylation sites is 3. The first-order chi connectivity index (χ1) is 16.3. The number of nitrogens with zero attached hydrogens (tertiary/aromatic N) is 2. The van der Waals surface area contributed by atoms with Gasteiger partial charge in [0.05, 0.1) is 22.1 Å². The SMILES string of the molecule is [B]c1ccc2c(c1)c1cc3c4ccccc4n(-c4ccccc4)c3cc1n2-c1ccccc1. The van der Waals surface area contributed by atoms with Crippen LogP contribution in [0.25, 0.3) is 55.0 Å². The van der Waals surface area contributed by atoms with E-state index in [1.807, 2.05) is 6.07 Å². The van der Waals surface area contributed by atoms with Crippen LogP contribution in [0.5, 0.6) is 0 Å². The Hall–Kier alpha value is -4.24. The number of aromatic nitrogens is 2. The van der Waals surface area contributed by atoms with Crippen molar-refractivity contribution in [2.24, 2.45) is 0 Å². The van der Waals surface area contributed by atoms with Gasteiger partial charge in [-0.1, -0.05) is 72.2 Å². The molecule has 2 radical (unpaired) electrons. The van der Waals surface area contributed by atoms with E-state index in [1.54, 1.807) is 0 Å². The topological polar surface area (TPSA) is 9.86 Å². The summed E-state index contributed by atoms with van der Waals surface area (Å²) in [5, 5.41) is 4.89. The molecule has 0 fully saturated rings. The lowest BCUT2D eigenvalue weighted by atomic mass is 9.94. The van der Waals surface area contributed by atoms with Crippen molar-refractivity contribution in [3.63, 3.8) is 0 Å². The predicted octanol–water partition coefficient (Wildman–Crippen LogP) is 6.67. The summed E-state index contributed by atoms with van der Waals surface area (Å²) in [6.07, 6.45) is 0. The van der Waals surface area contributed by atoms with Crippen LogP contribution in [-0.2, 0) is 0 Å². The Balaban J connectivity index is 1.72. The van der Waals surface area contributed by atoms with E-state index in [2.05, 4.69) is 118 Å². The van der Waals surface area contributed by atoms with Crippen LogP contribution in [0.4, 0.5) is 0 Å². The summed E-state index contributed by atoms with van der Waals surface area (Å²) in [6.45, 7) is 0. The highest BCUT2D eigenvalue weighted by Crippen LogP contribution is 2.39. The molecule has 0 saturated carbocycles. The van der Waals surface area contributed by atoms with E-state index in [4.69, 9.17) is 7.85 Å². The third kappa shape index (κ3) is 2.63. The maximum atomic E-state index is 6.23. The lowest BCUT2D eigenvalue weighted by Crippen LogP contribution is -2.00. The Bertz CT molecular complexity index is 1810. The van der Waals surface area contributed by atoms with Crippen LogP contribution in [0.2, 0.25) is 0 Å². The summed E-state index contributed by atoms with van der Waals surface area (Å²) in [6, 6.07) is 40.7. The molecule has 7 aromatic rings. The van der Waals surface area contributed by atoms with Crippen molar-refractivity contribution in [2.75, 3.05) is 0 Å². The van der Waals surface area contributed by atoms with Crippen LogP contribution >= 0.6 is 0 Å². The van der Waals surface area contributed by atoms with Gasteiger partial charge in [-0.3, -0.25) is 0 Å². The molecule has 2 heterocycles. The van der Waals surface area contributed by atoms with Crippen molar-refractivity contribution in [1.82, 2.24) is 9.13 Å². The van der Waals surface area contributed by atoms with Gasteiger partial charge in [0.15, 0.2) is 0 Å². The summed E-state index contributed by atoms with van der Waals surface area (Å²) in [5.74, 6) is 0. The molecule has 0 aliphatic heterocycles. The third-order valence-corrected chi connectivity index (χ3v) is 6.61. The quantitative estimate of drug-likeness (QED) is 0.278. The second-order valence-corrected chi connectivity index (χ2v) is 8.52. The van der Waals surface area contributed by atoms with E-state index < -0.39 is 0 Å². The van der Waals surface area contributed by atoms with Crippen LogP contribution in [0.1, 0.15) is 0 Å². The normalized spacial score (nSPS) is 11.8. The molecule has 3 heteroatoms. The highest BCUT2D eigenvalue weighted by Gasteiger charge is 2.18. The minimum atomic E-state index is 0.779. The molecule has 152 valence electrons. The molecule has 0 unspecified atom stereocenters. The fourth-order valence-corrected chi connectivity index (χ4v) is 5.21. The first kappa shape index (κ1) is 18.3. The van der Waals surface area contributed by atoms with Crippen molar-refractivity contribution >= 4 is 56.9 Å². The Morgan fingerprint density at radius 2 is 0.909 bits per heavy atom. The van der Waals surface area contributed by atoms with Crippen molar-refractivity contribution in [2.45, 2.75) is 0 Å². The molecule has 0 amide bonds. The molecule has 0 aliphatic rings. The van der Waals surface area contributed by atoms with E-state index in [0.717, 1.165) is 22.4 Å². The van der Waals surface area contributed by atoms with Gasteiger partial charge >= 0.3 is 0 Å². The molecule has 0 saturated heterocycles. The average Bonchev–Trinajstić information content (AvgIpc) is 3.35. The van der Waals surface area contributed by atoms with Gasteiger partial charge < -0.3 is 9.13 Å². The molecule has 5 aromatic carbocycles. The van der Waals surface area contributed by atoms with Gasteiger partial charge in [0, 0.05) is 32.9 Å². The van der Waals surface area contributed by atoms with Gasteiger partial charge in [0.2, 0.25) is 0 Å². The molecule has 0 N–H and O–H groups in total. The summed E-state index contributed by atoms with van der Waals surface area (Å²) >= 11 is 0. The highest BCUT2D eigenvalue weighted by atomic mass is 15.0. The molecule has 0 atom stereocenters. The highest BCUT2D eigenvalue weighted by molar-refractivity contribution is 6.34. The molecule has 0 bridgehead atoms. The Labute approximate surface area is 192 Å². The maximum Gasteiger partial charge on any atom is 0.113 e. The number of hydrogen-bond acceptors (Lipinski definition) is 0. The van der Waals surface area contributed by atoms with Gasteiger partial charge in [-0.2, -0.15) is 0 Å². The number of rotatable bonds is 2. The Morgan fingerprint density at radius 1 is 0.394 bits per heavy atom. The van der Waals surface area contributed by atoms with Gasteiger partial charge in [-0.15, -0.1) is 0 Å². The fourth-order valence-electron chi connectivity index (χ4n) is 5.21. The molecule has 7 rings (SSSR count).